The summed E-state index contributed by atoms with van der Waals surface area (Å²) in [7, 11) is 0. The van der Waals surface area contributed by atoms with E-state index in [1.807, 2.05) is 0 Å². The Hall–Kier alpha value is -0.0800. The predicted octanol–water partition coefficient (Wildman–Crippen LogP) is 4.20. The Bertz CT molecular complexity index is 230. The van der Waals surface area contributed by atoms with Crippen LogP contribution in [0.3, 0.4) is 0 Å². The van der Waals surface area contributed by atoms with Gasteiger partial charge >= 0.3 is 0 Å². The summed E-state index contributed by atoms with van der Waals surface area (Å²) in [4.78, 5) is 2.80. The Kier molecular flexibility index (Phi) is 7.38. The van der Waals surface area contributed by atoms with Crippen LogP contribution in [0.5, 0.6) is 0 Å². The molecule has 1 aliphatic heterocycles. The Morgan fingerprint density at radius 3 is 2.63 bits per heavy atom. The summed E-state index contributed by atoms with van der Waals surface area (Å²) < 4.78 is 0. The molecule has 0 aromatic carbocycles. The van der Waals surface area contributed by atoms with Gasteiger partial charge < -0.3 is 5.32 Å². The smallest absolute Gasteiger partial charge is 0.00979 e. The zero-order valence-corrected chi connectivity index (χ0v) is 14.0. The summed E-state index contributed by atoms with van der Waals surface area (Å²) in [5.41, 5.74) is 0.263. The van der Waals surface area contributed by atoms with Gasteiger partial charge in [0.2, 0.25) is 0 Å². The van der Waals surface area contributed by atoms with Crippen LogP contribution in [0, 0.1) is 0 Å². The molecule has 0 bridgehead atoms. The van der Waals surface area contributed by atoms with Gasteiger partial charge in [0.1, 0.15) is 0 Å². The quantitative estimate of drug-likeness (QED) is 0.696. The fourth-order valence-electron chi connectivity index (χ4n) is 3.27. The Labute approximate surface area is 121 Å². The second-order valence-corrected chi connectivity index (χ2v) is 7.34. The summed E-state index contributed by atoms with van der Waals surface area (Å²) >= 11 is 0. The molecular formula is C17H36N2. The molecule has 0 spiro atoms. The average molecular weight is 268 g/mol. The molecule has 1 fully saturated rings. The summed E-state index contributed by atoms with van der Waals surface area (Å²) in [5.74, 6) is 0. The number of hydrogen-bond donors (Lipinski definition) is 1. The van der Waals surface area contributed by atoms with Gasteiger partial charge in [-0.3, -0.25) is 4.90 Å². The summed E-state index contributed by atoms with van der Waals surface area (Å²) in [6.45, 7) is 14.0. The van der Waals surface area contributed by atoms with Gasteiger partial charge in [0.05, 0.1) is 0 Å². The lowest BCUT2D eigenvalue weighted by Crippen LogP contribution is -2.45. The molecule has 1 saturated heterocycles. The Morgan fingerprint density at radius 1 is 1.26 bits per heavy atom. The lowest BCUT2D eigenvalue weighted by molar-refractivity contribution is 0.0905. The molecule has 0 saturated carbocycles. The second-order valence-electron chi connectivity index (χ2n) is 7.34. The molecule has 19 heavy (non-hydrogen) atoms. The van der Waals surface area contributed by atoms with Gasteiger partial charge in [-0.05, 0) is 72.9 Å². The third-order valence-corrected chi connectivity index (χ3v) is 4.31. The molecule has 1 heterocycles. The molecule has 1 rings (SSSR count). The first-order valence-corrected chi connectivity index (χ1v) is 8.45. The molecule has 0 aromatic heterocycles. The van der Waals surface area contributed by atoms with E-state index in [9.17, 15) is 0 Å². The van der Waals surface area contributed by atoms with Crippen LogP contribution < -0.4 is 5.32 Å². The van der Waals surface area contributed by atoms with Gasteiger partial charge in [0.15, 0.2) is 0 Å². The normalized spacial score (nSPS) is 23.5. The number of likely N-dealkylation sites (tertiary alicyclic amines) is 1. The van der Waals surface area contributed by atoms with Crippen molar-refractivity contribution in [3.05, 3.63) is 0 Å². The van der Waals surface area contributed by atoms with Crippen molar-refractivity contribution in [3.63, 3.8) is 0 Å². The molecule has 0 aliphatic carbocycles. The van der Waals surface area contributed by atoms with E-state index in [2.05, 4.69) is 44.8 Å². The fourth-order valence-corrected chi connectivity index (χ4v) is 3.27. The minimum Gasteiger partial charge on any atom is -0.312 e. The molecule has 2 atom stereocenters. The monoisotopic (exact) mass is 268 g/mol. The van der Waals surface area contributed by atoms with E-state index in [-0.39, 0.29) is 5.54 Å². The van der Waals surface area contributed by atoms with Crippen LogP contribution in [0.4, 0.5) is 0 Å². The fraction of sp³-hybridized carbons (Fsp3) is 1.00. The standard InChI is InChI=1S/C17H36N2/c1-6-10-16-12-7-8-14-19(16)15(2)11-9-13-18-17(3,4)5/h15-16,18H,6-14H2,1-5H3. The average Bonchev–Trinajstić information content (AvgIpc) is 2.34. The zero-order valence-electron chi connectivity index (χ0n) is 14.0. The van der Waals surface area contributed by atoms with E-state index < -0.39 is 0 Å². The van der Waals surface area contributed by atoms with Gasteiger partial charge in [-0.2, -0.15) is 0 Å². The van der Waals surface area contributed by atoms with Crippen molar-refractivity contribution in [2.24, 2.45) is 0 Å². The molecule has 0 radical (unpaired) electrons. The van der Waals surface area contributed by atoms with Gasteiger partial charge in [-0.15, -0.1) is 0 Å². The Morgan fingerprint density at radius 2 is 2.00 bits per heavy atom. The number of nitrogens with zero attached hydrogens (tertiary/aromatic N) is 1. The van der Waals surface area contributed by atoms with E-state index in [0.717, 1.165) is 18.6 Å². The Balaban J connectivity index is 2.28. The van der Waals surface area contributed by atoms with Crippen LogP contribution in [0.25, 0.3) is 0 Å². The zero-order chi connectivity index (χ0) is 14.3. The van der Waals surface area contributed by atoms with Gasteiger partial charge in [-0.1, -0.05) is 19.8 Å². The van der Waals surface area contributed by atoms with E-state index in [0.29, 0.717) is 0 Å². The summed E-state index contributed by atoms with van der Waals surface area (Å²) in [6, 6.07) is 1.63. The minimum absolute atomic E-state index is 0.263. The maximum absolute atomic E-state index is 3.60. The first-order valence-electron chi connectivity index (χ1n) is 8.45. The third-order valence-electron chi connectivity index (χ3n) is 4.31. The summed E-state index contributed by atoms with van der Waals surface area (Å²) in [6.07, 6.45) is 9.64. The van der Waals surface area contributed by atoms with E-state index in [4.69, 9.17) is 0 Å². The highest BCUT2D eigenvalue weighted by molar-refractivity contribution is 4.81. The van der Waals surface area contributed by atoms with E-state index >= 15 is 0 Å². The van der Waals surface area contributed by atoms with Gasteiger partial charge in [0.25, 0.3) is 0 Å². The molecule has 1 aliphatic rings. The van der Waals surface area contributed by atoms with E-state index in [1.54, 1.807) is 0 Å². The molecular weight excluding hydrogens is 232 g/mol. The van der Waals surface area contributed by atoms with Crippen LogP contribution in [-0.4, -0.2) is 35.6 Å². The number of rotatable bonds is 7. The molecule has 2 unspecified atom stereocenters. The van der Waals surface area contributed by atoms with Crippen molar-refractivity contribution in [1.29, 1.82) is 0 Å². The van der Waals surface area contributed by atoms with Crippen molar-refractivity contribution in [2.75, 3.05) is 13.1 Å². The van der Waals surface area contributed by atoms with Crippen molar-refractivity contribution in [3.8, 4) is 0 Å². The molecule has 0 aromatic rings. The first kappa shape index (κ1) is 17.0. The van der Waals surface area contributed by atoms with Crippen molar-refractivity contribution in [2.45, 2.75) is 97.2 Å². The van der Waals surface area contributed by atoms with Crippen LogP contribution in [0.1, 0.15) is 79.6 Å². The van der Waals surface area contributed by atoms with Crippen LogP contribution >= 0.6 is 0 Å². The molecule has 2 nitrogen and oxygen atoms in total. The van der Waals surface area contributed by atoms with E-state index in [1.165, 1.54) is 51.5 Å². The lowest BCUT2D eigenvalue weighted by Gasteiger charge is -2.40. The lowest BCUT2D eigenvalue weighted by atomic mass is 9.95. The predicted molar refractivity (Wildman–Crippen MR) is 85.7 cm³/mol. The highest BCUT2D eigenvalue weighted by atomic mass is 15.2. The number of piperidine rings is 1. The van der Waals surface area contributed by atoms with Crippen LogP contribution in [-0.2, 0) is 0 Å². The maximum atomic E-state index is 3.60. The topological polar surface area (TPSA) is 15.3 Å². The molecule has 2 heteroatoms. The van der Waals surface area contributed by atoms with Crippen molar-refractivity contribution < 1.29 is 0 Å². The maximum Gasteiger partial charge on any atom is 0.00979 e. The molecule has 0 amide bonds. The van der Waals surface area contributed by atoms with Crippen LogP contribution in [0.15, 0.2) is 0 Å². The van der Waals surface area contributed by atoms with Gasteiger partial charge in [-0.25, -0.2) is 0 Å². The highest BCUT2D eigenvalue weighted by Crippen LogP contribution is 2.24. The third kappa shape index (κ3) is 6.76. The SMILES string of the molecule is CCCC1CCCCN1C(C)CCCNC(C)(C)C. The molecule has 114 valence electrons. The second kappa shape index (κ2) is 8.26. The summed E-state index contributed by atoms with van der Waals surface area (Å²) in [5, 5.41) is 3.60. The largest absolute Gasteiger partial charge is 0.312 e. The van der Waals surface area contributed by atoms with Crippen molar-refractivity contribution in [1.82, 2.24) is 10.2 Å². The highest BCUT2D eigenvalue weighted by Gasteiger charge is 2.25. The van der Waals surface area contributed by atoms with Crippen LogP contribution in [0.2, 0.25) is 0 Å². The first-order chi connectivity index (χ1) is 8.94. The van der Waals surface area contributed by atoms with Crippen molar-refractivity contribution >= 4 is 0 Å². The number of hydrogen-bond acceptors (Lipinski definition) is 2. The van der Waals surface area contributed by atoms with Gasteiger partial charge in [0, 0.05) is 17.6 Å². The molecule has 1 N–H and O–H groups in total. The number of nitrogens with one attached hydrogen (secondary N) is 1. The minimum atomic E-state index is 0.263.